The molecular weight excluding hydrogens is 212 g/mol. The number of esters is 1. The Hall–Kier alpha value is -1.31. The number of hydrogen-bond donors (Lipinski definition) is 0. The quantitative estimate of drug-likeness (QED) is 0.746. The smallest absolute Gasteiger partial charge is 0.310 e. The van der Waals surface area contributed by atoms with Gasteiger partial charge in [-0.15, -0.1) is 0 Å². The number of ether oxygens (including phenoxy) is 1. The molecule has 0 spiro atoms. The van der Waals surface area contributed by atoms with Crippen molar-refractivity contribution in [3.05, 3.63) is 35.4 Å². The van der Waals surface area contributed by atoms with Crippen molar-refractivity contribution in [1.82, 2.24) is 0 Å². The Balaban J connectivity index is 1.86. The van der Waals surface area contributed by atoms with Crippen LogP contribution >= 0.6 is 0 Å². The van der Waals surface area contributed by atoms with Crippen molar-refractivity contribution in [3.63, 3.8) is 0 Å². The van der Waals surface area contributed by atoms with Crippen molar-refractivity contribution < 1.29 is 9.53 Å². The standard InChI is InChI=1S/C15H20O2/c1-12-7-5-6-8-13(12)11-15(16)17-14-9-3-2-4-10-14/h5-8,14H,2-4,9-11H2,1H3. The summed E-state index contributed by atoms with van der Waals surface area (Å²) in [5.74, 6) is -0.0776. The molecule has 1 aliphatic rings. The minimum absolute atomic E-state index is 0.0776. The SMILES string of the molecule is Cc1ccccc1CC(=O)OC1CCCCC1. The number of carbonyl (C=O) groups is 1. The zero-order valence-electron chi connectivity index (χ0n) is 10.4. The molecule has 0 bridgehead atoms. The molecule has 1 aromatic carbocycles. The Kier molecular flexibility index (Phi) is 4.18. The van der Waals surface area contributed by atoms with E-state index in [1.54, 1.807) is 0 Å². The highest BCUT2D eigenvalue weighted by molar-refractivity contribution is 5.73. The molecule has 2 nitrogen and oxygen atoms in total. The molecule has 1 fully saturated rings. The maximum absolute atomic E-state index is 11.8. The van der Waals surface area contributed by atoms with Crippen LogP contribution in [0.3, 0.4) is 0 Å². The number of hydrogen-bond acceptors (Lipinski definition) is 2. The van der Waals surface area contributed by atoms with Gasteiger partial charge in [0, 0.05) is 0 Å². The van der Waals surface area contributed by atoms with Crippen LogP contribution < -0.4 is 0 Å². The highest BCUT2D eigenvalue weighted by Gasteiger charge is 2.17. The summed E-state index contributed by atoms with van der Waals surface area (Å²) in [4.78, 5) is 11.8. The van der Waals surface area contributed by atoms with Gasteiger partial charge in [-0.2, -0.15) is 0 Å². The van der Waals surface area contributed by atoms with Gasteiger partial charge in [0.05, 0.1) is 6.42 Å². The minimum Gasteiger partial charge on any atom is -0.462 e. The van der Waals surface area contributed by atoms with E-state index in [4.69, 9.17) is 4.74 Å². The van der Waals surface area contributed by atoms with Crippen LogP contribution in [0.4, 0.5) is 0 Å². The second kappa shape index (κ2) is 5.85. The summed E-state index contributed by atoms with van der Waals surface area (Å²) in [5, 5.41) is 0. The number of carbonyl (C=O) groups excluding carboxylic acids is 1. The molecule has 0 N–H and O–H groups in total. The van der Waals surface area contributed by atoms with Gasteiger partial charge < -0.3 is 4.74 Å². The Morgan fingerprint density at radius 2 is 1.94 bits per heavy atom. The van der Waals surface area contributed by atoms with Crippen molar-refractivity contribution in [2.24, 2.45) is 0 Å². The van der Waals surface area contributed by atoms with E-state index in [0.717, 1.165) is 24.0 Å². The number of aryl methyl sites for hydroxylation is 1. The van der Waals surface area contributed by atoms with Gasteiger partial charge in [0.1, 0.15) is 6.10 Å². The largest absolute Gasteiger partial charge is 0.462 e. The van der Waals surface area contributed by atoms with E-state index in [1.807, 2.05) is 31.2 Å². The van der Waals surface area contributed by atoms with E-state index in [9.17, 15) is 4.79 Å². The molecule has 0 saturated heterocycles. The van der Waals surface area contributed by atoms with Gasteiger partial charge in [-0.1, -0.05) is 30.7 Å². The van der Waals surface area contributed by atoms with Crippen LogP contribution in [-0.4, -0.2) is 12.1 Å². The van der Waals surface area contributed by atoms with Gasteiger partial charge in [-0.05, 0) is 43.7 Å². The molecule has 1 saturated carbocycles. The van der Waals surface area contributed by atoms with Crippen molar-refractivity contribution in [1.29, 1.82) is 0 Å². The molecule has 0 aliphatic heterocycles. The molecule has 0 radical (unpaired) electrons. The average molecular weight is 232 g/mol. The van der Waals surface area contributed by atoms with E-state index >= 15 is 0 Å². The summed E-state index contributed by atoms with van der Waals surface area (Å²) >= 11 is 0. The third-order valence-electron chi connectivity index (χ3n) is 3.45. The lowest BCUT2D eigenvalue weighted by molar-refractivity contribution is -0.149. The second-order valence-corrected chi connectivity index (χ2v) is 4.85. The predicted octanol–water partition coefficient (Wildman–Crippen LogP) is 3.41. The summed E-state index contributed by atoms with van der Waals surface area (Å²) in [6.07, 6.45) is 6.33. The van der Waals surface area contributed by atoms with Crippen molar-refractivity contribution >= 4 is 5.97 Å². The van der Waals surface area contributed by atoms with Gasteiger partial charge in [-0.3, -0.25) is 4.79 Å². The molecule has 92 valence electrons. The molecule has 2 heteroatoms. The van der Waals surface area contributed by atoms with Crippen LogP contribution in [0, 0.1) is 6.92 Å². The third-order valence-corrected chi connectivity index (χ3v) is 3.45. The van der Waals surface area contributed by atoms with Crippen molar-refractivity contribution in [2.45, 2.75) is 51.6 Å². The fraction of sp³-hybridized carbons (Fsp3) is 0.533. The molecule has 0 heterocycles. The first-order valence-corrected chi connectivity index (χ1v) is 6.49. The molecule has 0 unspecified atom stereocenters. The molecule has 1 aliphatic carbocycles. The van der Waals surface area contributed by atoms with Crippen LogP contribution in [0.15, 0.2) is 24.3 Å². The first-order valence-electron chi connectivity index (χ1n) is 6.49. The van der Waals surface area contributed by atoms with Crippen LogP contribution in [0.5, 0.6) is 0 Å². The first-order chi connectivity index (χ1) is 8.25. The number of rotatable bonds is 3. The molecule has 0 amide bonds. The molecule has 0 aromatic heterocycles. The lowest BCUT2D eigenvalue weighted by Gasteiger charge is -2.21. The monoisotopic (exact) mass is 232 g/mol. The summed E-state index contributed by atoms with van der Waals surface area (Å²) in [5.41, 5.74) is 2.24. The highest BCUT2D eigenvalue weighted by atomic mass is 16.5. The Labute approximate surface area is 103 Å². The van der Waals surface area contributed by atoms with Crippen molar-refractivity contribution in [3.8, 4) is 0 Å². The lowest BCUT2D eigenvalue weighted by Crippen LogP contribution is -2.22. The average Bonchev–Trinajstić information content (AvgIpc) is 2.33. The van der Waals surface area contributed by atoms with Gasteiger partial charge in [0.2, 0.25) is 0 Å². The summed E-state index contributed by atoms with van der Waals surface area (Å²) in [7, 11) is 0. The van der Waals surface area contributed by atoms with E-state index in [-0.39, 0.29) is 12.1 Å². The van der Waals surface area contributed by atoms with E-state index in [2.05, 4.69) is 0 Å². The first kappa shape index (κ1) is 12.2. The van der Waals surface area contributed by atoms with Crippen LogP contribution in [0.25, 0.3) is 0 Å². The summed E-state index contributed by atoms with van der Waals surface area (Å²) < 4.78 is 5.51. The fourth-order valence-corrected chi connectivity index (χ4v) is 2.37. The Morgan fingerprint density at radius 3 is 2.65 bits per heavy atom. The van der Waals surface area contributed by atoms with E-state index < -0.39 is 0 Å². The molecule has 2 rings (SSSR count). The van der Waals surface area contributed by atoms with Gasteiger partial charge in [-0.25, -0.2) is 0 Å². The maximum Gasteiger partial charge on any atom is 0.310 e. The maximum atomic E-state index is 11.8. The van der Waals surface area contributed by atoms with E-state index in [1.165, 1.54) is 19.3 Å². The number of benzene rings is 1. The topological polar surface area (TPSA) is 26.3 Å². The van der Waals surface area contributed by atoms with Crippen molar-refractivity contribution in [2.75, 3.05) is 0 Å². The van der Waals surface area contributed by atoms with Gasteiger partial charge >= 0.3 is 5.97 Å². The molecule has 1 aromatic rings. The zero-order chi connectivity index (χ0) is 12.1. The Bertz CT molecular complexity index is 378. The molecule has 17 heavy (non-hydrogen) atoms. The van der Waals surface area contributed by atoms with Crippen LogP contribution in [0.2, 0.25) is 0 Å². The second-order valence-electron chi connectivity index (χ2n) is 4.85. The minimum atomic E-state index is -0.0776. The molecule has 0 atom stereocenters. The van der Waals surface area contributed by atoms with Gasteiger partial charge in [0.15, 0.2) is 0 Å². The third kappa shape index (κ3) is 3.58. The Morgan fingerprint density at radius 1 is 1.24 bits per heavy atom. The highest BCUT2D eigenvalue weighted by Crippen LogP contribution is 2.21. The zero-order valence-corrected chi connectivity index (χ0v) is 10.4. The molecular formula is C15H20O2. The summed E-state index contributed by atoms with van der Waals surface area (Å²) in [6.45, 7) is 2.03. The van der Waals surface area contributed by atoms with E-state index in [0.29, 0.717) is 6.42 Å². The van der Waals surface area contributed by atoms with Gasteiger partial charge in [0.25, 0.3) is 0 Å². The normalized spacial score (nSPS) is 16.8. The lowest BCUT2D eigenvalue weighted by atomic mass is 9.98. The van der Waals surface area contributed by atoms with Crippen LogP contribution in [-0.2, 0) is 16.0 Å². The van der Waals surface area contributed by atoms with Crippen LogP contribution in [0.1, 0.15) is 43.2 Å². The predicted molar refractivity (Wildman–Crippen MR) is 67.8 cm³/mol. The summed E-state index contributed by atoms with van der Waals surface area (Å²) in [6, 6.07) is 7.99. The fourth-order valence-electron chi connectivity index (χ4n) is 2.37.